The summed E-state index contributed by atoms with van der Waals surface area (Å²) in [5.41, 5.74) is 4.25. The van der Waals surface area contributed by atoms with Gasteiger partial charge in [-0.2, -0.15) is 0 Å². The topological polar surface area (TPSA) is 15.3 Å². The van der Waals surface area contributed by atoms with Gasteiger partial charge in [-0.1, -0.05) is 33.3 Å². The molecule has 0 saturated carbocycles. The largest absolute Gasteiger partial charge is 0.371 e. The van der Waals surface area contributed by atoms with Crippen molar-refractivity contribution < 1.29 is 0 Å². The van der Waals surface area contributed by atoms with Gasteiger partial charge in [-0.15, -0.1) is 0 Å². The smallest absolute Gasteiger partial charge is 0.0369 e. The SMILES string of the molecule is CCC1CCCN(c2ccc(CNC(C)C)c(C)c2)C1. The first-order valence-corrected chi connectivity index (χ1v) is 8.18. The molecule has 0 amide bonds. The molecule has 2 heteroatoms. The Kier molecular flexibility index (Phi) is 5.47. The molecular weight excluding hydrogens is 244 g/mol. The molecule has 1 heterocycles. The van der Waals surface area contributed by atoms with Gasteiger partial charge < -0.3 is 10.2 Å². The number of piperidine rings is 1. The zero-order chi connectivity index (χ0) is 14.5. The third kappa shape index (κ3) is 3.99. The minimum Gasteiger partial charge on any atom is -0.371 e. The molecule has 112 valence electrons. The van der Waals surface area contributed by atoms with E-state index in [1.165, 1.54) is 49.2 Å². The highest BCUT2D eigenvalue weighted by atomic mass is 15.1. The summed E-state index contributed by atoms with van der Waals surface area (Å²) >= 11 is 0. The summed E-state index contributed by atoms with van der Waals surface area (Å²) in [6.45, 7) is 12.4. The van der Waals surface area contributed by atoms with Crippen LogP contribution >= 0.6 is 0 Å². The number of aryl methyl sites for hydroxylation is 1. The quantitative estimate of drug-likeness (QED) is 0.869. The molecule has 20 heavy (non-hydrogen) atoms. The molecule has 1 aromatic rings. The molecule has 1 atom stereocenters. The molecule has 1 aliphatic heterocycles. The second-order valence-corrected chi connectivity index (χ2v) is 6.51. The van der Waals surface area contributed by atoms with Crippen molar-refractivity contribution in [3.8, 4) is 0 Å². The van der Waals surface area contributed by atoms with Crippen LogP contribution in [0.15, 0.2) is 18.2 Å². The number of nitrogens with zero attached hydrogens (tertiary/aromatic N) is 1. The highest BCUT2D eigenvalue weighted by Gasteiger charge is 2.18. The zero-order valence-electron chi connectivity index (χ0n) is 13.6. The van der Waals surface area contributed by atoms with Crippen LogP contribution in [0, 0.1) is 12.8 Å². The second-order valence-electron chi connectivity index (χ2n) is 6.51. The summed E-state index contributed by atoms with van der Waals surface area (Å²) in [5.74, 6) is 0.881. The molecular formula is C18H30N2. The van der Waals surface area contributed by atoms with E-state index in [9.17, 15) is 0 Å². The highest BCUT2D eigenvalue weighted by molar-refractivity contribution is 5.51. The van der Waals surface area contributed by atoms with Crippen molar-refractivity contribution in [2.75, 3.05) is 18.0 Å². The number of hydrogen-bond donors (Lipinski definition) is 1. The summed E-state index contributed by atoms with van der Waals surface area (Å²) in [4.78, 5) is 2.57. The van der Waals surface area contributed by atoms with E-state index in [1.54, 1.807) is 0 Å². The Bertz CT molecular complexity index is 425. The van der Waals surface area contributed by atoms with Crippen molar-refractivity contribution in [2.24, 2.45) is 5.92 Å². The van der Waals surface area contributed by atoms with Crippen molar-refractivity contribution in [1.82, 2.24) is 5.32 Å². The van der Waals surface area contributed by atoms with E-state index in [0.29, 0.717) is 6.04 Å². The molecule has 0 spiro atoms. The number of anilines is 1. The van der Waals surface area contributed by atoms with Crippen LogP contribution in [0.5, 0.6) is 0 Å². The Balaban J connectivity index is 2.04. The average Bonchev–Trinajstić information content (AvgIpc) is 2.46. The van der Waals surface area contributed by atoms with E-state index >= 15 is 0 Å². The number of hydrogen-bond acceptors (Lipinski definition) is 2. The summed E-state index contributed by atoms with van der Waals surface area (Å²) in [6, 6.07) is 7.52. The third-order valence-corrected chi connectivity index (χ3v) is 4.49. The van der Waals surface area contributed by atoms with Crippen LogP contribution in [-0.2, 0) is 6.54 Å². The fraction of sp³-hybridized carbons (Fsp3) is 0.667. The molecule has 2 rings (SSSR count). The first-order chi connectivity index (χ1) is 9.60. The monoisotopic (exact) mass is 274 g/mol. The van der Waals surface area contributed by atoms with Gasteiger partial charge >= 0.3 is 0 Å². The van der Waals surface area contributed by atoms with Gasteiger partial charge in [-0.3, -0.25) is 0 Å². The third-order valence-electron chi connectivity index (χ3n) is 4.49. The highest BCUT2D eigenvalue weighted by Crippen LogP contribution is 2.26. The van der Waals surface area contributed by atoms with Crippen LogP contribution in [0.4, 0.5) is 5.69 Å². The van der Waals surface area contributed by atoms with Crippen LogP contribution in [0.25, 0.3) is 0 Å². The van der Waals surface area contributed by atoms with E-state index in [-0.39, 0.29) is 0 Å². The molecule has 1 aliphatic rings. The standard InChI is InChI=1S/C18H30N2/c1-5-16-7-6-10-20(13-16)18-9-8-17(15(4)11-18)12-19-14(2)3/h8-9,11,14,16,19H,5-7,10,12-13H2,1-4H3. The molecule has 0 bridgehead atoms. The predicted molar refractivity (Wildman–Crippen MR) is 88.4 cm³/mol. The molecule has 0 aromatic heterocycles. The van der Waals surface area contributed by atoms with Gasteiger partial charge in [0.05, 0.1) is 0 Å². The lowest BCUT2D eigenvalue weighted by atomic mass is 9.95. The van der Waals surface area contributed by atoms with Crippen molar-refractivity contribution >= 4 is 5.69 Å². The lowest BCUT2D eigenvalue weighted by molar-refractivity contribution is 0.404. The number of benzene rings is 1. The normalized spacial score (nSPS) is 19.6. The summed E-state index contributed by atoms with van der Waals surface area (Å²) in [5, 5.41) is 3.50. The van der Waals surface area contributed by atoms with Crippen molar-refractivity contribution in [3.63, 3.8) is 0 Å². The van der Waals surface area contributed by atoms with Gasteiger partial charge in [0.1, 0.15) is 0 Å². The van der Waals surface area contributed by atoms with Crippen molar-refractivity contribution in [2.45, 2.75) is 59.5 Å². The molecule has 1 aromatic carbocycles. The van der Waals surface area contributed by atoms with Crippen LogP contribution in [0.1, 0.15) is 51.2 Å². The summed E-state index contributed by atoms with van der Waals surface area (Å²) in [6.07, 6.45) is 4.06. The zero-order valence-corrected chi connectivity index (χ0v) is 13.6. The molecule has 1 saturated heterocycles. The molecule has 2 nitrogen and oxygen atoms in total. The second kappa shape index (κ2) is 7.12. The van der Waals surface area contributed by atoms with Crippen LogP contribution in [0.2, 0.25) is 0 Å². The van der Waals surface area contributed by atoms with Crippen LogP contribution in [0.3, 0.4) is 0 Å². The van der Waals surface area contributed by atoms with Gasteiger partial charge in [0.15, 0.2) is 0 Å². The fourth-order valence-corrected chi connectivity index (χ4v) is 3.02. The van der Waals surface area contributed by atoms with E-state index in [4.69, 9.17) is 0 Å². The molecule has 1 unspecified atom stereocenters. The van der Waals surface area contributed by atoms with E-state index in [2.05, 4.69) is 56.1 Å². The maximum absolute atomic E-state index is 3.50. The van der Waals surface area contributed by atoms with Gasteiger partial charge in [0.2, 0.25) is 0 Å². The molecule has 1 fully saturated rings. The average molecular weight is 274 g/mol. The Morgan fingerprint density at radius 1 is 1.35 bits per heavy atom. The summed E-state index contributed by atoms with van der Waals surface area (Å²) < 4.78 is 0. The summed E-state index contributed by atoms with van der Waals surface area (Å²) in [7, 11) is 0. The van der Waals surface area contributed by atoms with E-state index in [1.807, 2.05) is 0 Å². The maximum atomic E-state index is 3.50. The van der Waals surface area contributed by atoms with Gasteiger partial charge in [-0.05, 0) is 48.9 Å². The van der Waals surface area contributed by atoms with Crippen molar-refractivity contribution in [3.05, 3.63) is 29.3 Å². The maximum Gasteiger partial charge on any atom is 0.0369 e. The van der Waals surface area contributed by atoms with Gasteiger partial charge in [-0.25, -0.2) is 0 Å². The minimum atomic E-state index is 0.543. The van der Waals surface area contributed by atoms with Crippen LogP contribution in [-0.4, -0.2) is 19.1 Å². The van der Waals surface area contributed by atoms with E-state index < -0.39 is 0 Å². The minimum absolute atomic E-state index is 0.543. The Morgan fingerprint density at radius 3 is 2.80 bits per heavy atom. The first-order valence-electron chi connectivity index (χ1n) is 8.18. The van der Waals surface area contributed by atoms with Gasteiger partial charge in [0.25, 0.3) is 0 Å². The van der Waals surface area contributed by atoms with E-state index in [0.717, 1.165) is 12.5 Å². The lowest BCUT2D eigenvalue weighted by Crippen LogP contribution is -2.35. The van der Waals surface area contributed by atoms with Crippen molar-refractivity contribution in [1.29, 1.82) is 0 Å². The lowest BCUT2D eigenvalue weighted by Gasteiger charge is -2.34. The Hall–Kier alpha value is -1.02. The molecule has 0 radical (unpaired) electrons. The van der Waals surface area contributed by atoms with Crippen LogP contribution < -0.4 is 10.2 Å². The predicted octanol–water partition coefficient (Wildman–Crippen LogP) is 4.12. The number of nitrogens with one attached hydrogen (secondary N) is 1. The fourth-order valence-electron chi connectivity index (χ4n) is 3.02. The van der Waals surface area contributed by atoms with Gasteiger partial charge in [0, 0.05) is 31.4 Å². The first kappa shape index (κ1) is 15.4. The Labute approximate surface area is 124 Å². The number of rotatable bonds is 5. The molecule has 0 aliphatic carbocycles. The molecule has 1 N–H and O–H groups in total. The Morgan fingerprint density at radius 2 is 2.15 bits per heavy atom.